The van der Waals surface area contributed by atoms with Crippen LogP contribution < -0.4 is 0 Å². The summed E-state index contributed by atoms with van der Waals surface area (Å²) >= 11 is 0. The van der Waals surface area contributed by atoms with Gasteiger partial charge in [-0.15, -0.1) is 0 Å². The van der Waals surface area contributed by atoms with Crippen molar-refractivity contribution in [3.8, 4) is 0 Å². The van der Waals surface area contributed by atoms with Gasteiger partial charge in [0.15, 0.2) is 0 Å². The van der Waals surface area contributed by atoms with Gasteiger partial charge in [-0.25, -0.2) is 0 Å². The summed E-state index contributed by atoms with van der Waals surface area (Å²) in [7, 11) is 0. The van der Waals surface area contributed by atoms with E-state index in [1.165, 1.54) is 16.7 Å². The quantitative estimate of drug-likeness (QED) is 0.635. The number of hydrogen-bond acceptors (Lipinski definition) is 3. The van der Waals surface area contributed by atoms with Crippen molar-refractivity contribution in [1.29, 1.82) is 0 Å². The van der Waals surface area contributed by atoms with Gasteiger partial charge in [-0.1, -0.05) is 18.2 Å². The summed E-state index contributed by atoms with van der Waals surface area (Å²) in [5.74, 6) is 0. The lowest BCUT2D eigenvalue weighted by Gasteiger charge is -2.05. The zero-order valence-corrected chi connectivity index (χ0v) is 7.86. The molecule has 0 radical (unpaired) electrons. The highest BCUT2D eigenvalue weighted by atomic mass is 16.7. The largest absolute Gasteiger partial charge is 0.368 e. The average Bonchev–Trinajstić information content (AvgIpc) is 3.04. The molecule has 1 aromatic rings. The molecule has 2 aliphatic heterocycles. The Labute approximate surface area is 82.6 Å². The highest BCUT2D eigenvalue weighted by Gasteiger charge is 2.25. The minimum Gasteiger partial charge on any atom is -0.368 e. The molecule has 0 N–H and O–H groups in total. The molecule has 1 saturated heterocycles. The summed E-state index contributed by atoms with van der Waals surface area (Å²) < 4.78 is 15.8. The van der Waals surface area contributed by atoms with Gasteiger partial charge in [0.25, 0.3) is 0 Å². The van der Waals surface area contributed by atoms with Gasteiger partial charge in [0.2, 0.25) is 0 Å². The van der Waals surface area contributed by atoms with Crippen LogP contribution in [0.25, 0.3) is 0 Å². The molecule has 3 rings (SSSR count). The Kier molecular flexibility index (Phi) is 2.01. The molecular formula is C11H12O3. The summed E-state index contributed by atoms with van der Waals surface area (Å²) in [6.45, 7) is 2.55. The third-order valence-electron chi connectivity index (χ3n) is 2.62. The molecule has 0 aromatic heterocycles. The first-order valence-electron chi connectivity index (χ1n) is 4.82. The van der Waals surface area contributed by atoms with E-state index in [1.807, 2.05) is 0 Å². The van der Waals surface area contributed by atoms with Gasteiger partial charge in [-0.2, -0.15) is 0 Å². The van der Waals surface area contributed by atoms with E-state index in [9.17, 15) is 0 Å². The lowest BCUT2D eigenvalue weighted by atomic mass is 10.0. The predicted octanol–water partition coefficient (Wildman–Crippen LogP) is 1.76. The van der Waals surface area contributed by atoms with E-state index in [4.69, 9.17) is 14.2 Å². The predicted molar refractivity (Wildman–Crippen MR) is 49.6 cm³/mol. The van der Waals surface area contributed by atoms with Gasteiger partial charge in [0, 0.05) is 0 Å². The molecule has 0 aliphatic carbocycles. The van der Waals surface area contributed by atoms with Crippen molar-refractivity contribution in [2.45, 2.75) is 19.3 Å². The molecule has 0 saturated carbocycles. The monoisotopic (exact) mass is 192 g/mol. The van der Waals surface area contributed by atoms with E-state index in [1.54, 1.807) is 0 Å². The Hall–Kier alpha value is -0.900. The standard InChI is InChI=1S/C11H12O3/c1-2-9-4-12-7-13-5-10(9)3-8(1)11-6-14-11/h1-3,11H,4-7H2/t11-/m0/s1. The number of rotatable bonds is 1. The first-order chi connectivity index (χ1) is 6.93. The molecule has 0 unspecified atom stereocenters. The Morgan fingerprint density at radius 1 is 1.07 bits per heavy atom. The Bertz CT molecular complexity index is 344. The van der Waals surface area contributed by atoms with Crippen LogP contribution >= 0.6 is 0 Å². The maximum absolute atomic E-state index is 5.31. The fourth-order valence-electron chi connectivity index (χ4n) is 1.72. The molecule has 2 aliphatic rings. The summed E-state index contributed by atoms with van der Waals surface area (Å²) in [5.41, 5.74) is 3.72. The molecule has 1 atom stereocenters. The number of hydrogen-bond donors (Lipinski definition) is 0. The molecule has 3 nitrogen and oxygen atoms in total. The SMILES string of the molecule is c1cc2c(cc1[C@@H]1CO1)COCOC2. The fraction of sp³-hybridized carbons (Fsp3) is 0.455. The highest BCUT2D eigenvalue weighted by molar-refractivity contribution is 5.33. The van der Waals surface area contributed by atoms with Crippen molar-refractivity contribution in [3.63, 3.8) is 0 Å². The first-order valence-corrected chi connectivity index (χ1v) is 4.82. The minimum absolute atomic E-state index is 0.324. The van der Waals surface area contributed by atoms with Gasteiger partial charge in [0.1, 0.15) is 12.9 Å². The van der Waals surface area contributed by atoms with Crippen LogP contribution in [0.15, 0.2) is 18.2 Å². The van der Waals surface area contributed by atoms with E-state index >= 15 is 0 Å². The summed E-state index contributed by atoms with van der Waals surface area (Å²) in [5, 5.41) is 0. The maximum atomic E-state index is 5.31. The highest BCUT2D eigenvalue weighted by Crippen LogP contribution is 2.31. The van der Waals surface area contributed by atoms with Crippen molar-refractivity contribution in [1.82, 2.24) is 0 Å². The lowest BCUT2D eigenvalue weighted by Crippen LogP contribution is -1.94. The van der Waals surface area contributed by atoms with Crippen LogP contribution in [0.4, 0.5) is 0 Å². The zero-order chi connectivity index (χ0) is 9.38. The van der Waals surface area contributed by atoms with Crippen LogP contribution in [-0.4, -0.2) is 13.4 Å². The van der Waals surface area contributed by atoms with Crippen molar-refractivity contribution in [2.24, 2.45) is 0 Å². The smallest absolute Gasteiger partial charge is 0.147 e. The second kappa shape index (κ2) is 3.35. The van der Waals surface area contributed by atoms with Crippen LogP contribution in [0.2, 0.25) is 0 Å². The molecular weight excluding hydrogens is 180 g/mol. The maximum Gasteiger partial charge on any atom is 0.147 e. The number of ether oxygens (including phenoxy) is 3. The molecule has 1 aromatic carbocycles. The molecule has 0 spiro atoms. The summed E-state index contributed by atoms with van der Waals surface area (Å²) in [6, 6.07) is 6.40. The molecule has 0 bridgehead atoms. The van der Waals surface area contributed by atoms with Crippen molar-refractivity contribution in [3.05, 3.63) is 34.9 Å². The van der Waals surface area contributed by atoms with Gasteiger partial charge >= 0.3 is 0 Å². The molecule has 2 heterocycles. The Morgan fingerprint density at radius 2 is 1.86 bits per heavy atom. The van der Waals surface area contributed by atoms with E-state index < -0.39 is 0 Å². The van der Waals surface area contributed by atoms with Gasteiger partial charge in [0.05, 0.1) is 19.8 Å². The third-order valence-corrected chi connectivity index (χ3v) is 2.62. The van der Waals surface area contributed by atoms with Crippen LogP contribution in [0.1, 0.15) is 22.8 Å². The fourth-order valence-corrected chi connectivity index (χ4v) is 1.72. The average molecular weight is 192 g/mol. The zero-order valence-electron chi connectivity index (χ0n) is 7.86. The topological polar surface area (TPSA) is 31.0 Å². The van der Waals surface area contributed by atoms with Crippen molar-refractivity contribution in [2.75, 3.05) is 13.4 Å². The van der Waals surface area contributed by atoms with Crippen LogP contribution in [0, 0.1) is 0 Å². The third kappa shape index (κ3) is 1.54. The van der Waals surface area contributed by atoms with E-state index in [0.29, 0.717) is 26.1 Å². The van der Waals surface area contributed by atoms with Gasteiger partial charge in [-0.05, 0) is 16.7 Å². The molecule has 3 heteroatoms. The van der Waals surface area contributed by atoms with Crippen molar-refractivity contribution >= 4 is 0 Å². The lowest BCUT2D eigenvalue weighted by molar-refractivity contribution is -0.0586. The number of fused-ring (bicyclic) bond motifs is 1. The number of epoxide rings is 1. The molecule has 74 valence electrons. The number of benzene rings is 1. The van der Waals surface area contributed by atoms with Crippen LogP contribution in [0.3, 0.4) is 0 Å². The van der Waals surface area contributed by atoms with Crippen molar-refractivity contribution < 1.29 is 14.2 Å². The second-order valence-corrected chi connectivity index (χ2v) is 3.66. The molecule has 14 heavy (non-hydrogen) atoms. The van der Waals surface area contributed by atoms with E-state index in [0.717, 1.165) is 6.61 Å². The Morgan fingerprint density at radius 3 is 2.64 bits per heavy atom. The summed E-state index contributed by atoms with van der Waals surface area (Å²) in [4.78, 5) is 0. The first kappa shape index (κ1) is 8.41. The summed E-state index contributed by atoms with van der Waals surface area (Å²) in [6.07, 6.45) is 0.324. The van der Waals surface area contributed by atoms with Crippen LogP contribution in [0.5, 0.6) is 0 Å². The van der Waals surface area contributed by atoms with Crippen LogP contribution in [-0.2, 0) is 27.4 Å². The normalized spacial score (nSPS) is 25.3. The Balaban J connectivity index is 1.94. The second-order valence-electron chi connectivity index (χ2n) is 3.66. The van der Waals surface area contributed by atoms with E-state index in [-0.39, 0.29) is 0 Å². The van der Waals surface area contributed by atoms with Gasteiger partial charge < -0.3 is 14.2 Å². The molecule has 0 amide bonds. The van der Waals surface area contributed by atoms with Gasteiger partial charge in [-0.3, -0.25) is 0 Å². The minimum atomic E-state index is 0.324. The van der Waals surface area contributed by atoms with E-state index in [2.05, 4.69) is 18.2 Å². The molecule has 1 fully saturated rings.